The first-order valence-corrected chi connectivity index (χ1v) is 22.7. The maximum atomic E-state index is 14.4. The highest BCUT2D eigenvalue weighted by molar-refractivity contribution is 5.91. The van der Waals surface area contributed by atoms with Crippen molar-refractivity contribution in [2.45, 2.75) is 123 Å². The smallest absolute Gasteiger partial charge is 0.338 e. The van der Waals surface area contributed by atoms with Gasteiger partial charge in [0, 0.05) is 62.6 Å². The number of nitrogens with one attached hydrogen (secondary N) is 1. The Labute approximate surface area is 354 Å². The summed E-state index contributed by atoms with van der Waals surface area (Å²) < 4.78 is 25.4. The van der Waals surface area contributed by atoms with Crippen LogP contribution in [0.4, 0.5) is 4.39 Å². The van der Waals surface area contributed by atoms with Gasteiger partial charge in [-0.25, -0.2) is 9.18 Å². The number of phenolic OH excluding ortho intramolecular Hbond substituents is 1. The molecule has 0 bridgehead atoms. The highest BCUT2D eigenvalue weighted by atomic mass is 19.1. The van der Waals surface area contributed by atoms with Gasteiger partial charge in [-0.1, -0.05) is 69.9 Å². The Bertz CT molecular complexity index is 1750. The number of allylic oxidation sites excluding steroid dienone is 1. The third kappa shape index (κ3) is 11.2. The number of methoxy groups -OCH3 is 1. The lowest BCUT2D eigenvalue weighted by Gasteiger charge is -2.47. The van der Waals surface area contributed by atoms with Gasteiger partial charge in [-0.2, -0.15) is 0 Å². The monoisotopic (exact) mass is 814 g/mol. The van der Waals surface area contributed by atoms with E-state index >= 15 is 0 Å². The lowest BCUT2D eigenvalue weighted by Crippen LogP contribution is -2.45. The number of amides is 1. The fraction of sp³-hybridized carbons (Fsp3) is 0.640. The molecule has 2 heterocycles. The highest BCUT2D eigenvalue weighted by Gasteiger charge is 2.59. The minimum absolute atomic E-state index is 0.0154. The van der Waals surface area contributed by atoms with Gasteiger partial charge in [0.2, 0.25) is 5.91 Å². The van der Waals surface area contributed by atoms with Crippen molar-refractivity contribution in [3.8, 4) is 11.5 Å². The fourth-order valence-electron chi connectivity index (χ4n) is 11.7. The van der Waals surface area contributed by atoms with Crippen molar-refractivity contribution in [2.24, 2.45) is 34.5 Å². The van der Waals surface area contributed by atoms with Gasteiger partial charge < -0.3 is 29.7 Å². The second kappa shape index (κ2) is 20.2. The largest absolute Gasteiger partial charge is 0.508 e. The van der Waals surface area contributed by atoms with Crippen molar-refractivity contribution in [1.29, 1.82) is 0 Å². The number of carbonyl (C=O) groups excluding carboxylic acids is 2. The molecule has 3 unspecified atom stereocenters. The maximum absolute atomic E-state index is 14.4. The summed E-state index contributed by atoms with van der Waals surface area (Å²) in [6.07, 6.45) is 16.1. The van der Waals surface area contributed by atoms with Crippen molar-refractivity contribution in [1.82, 2.24) is 15.1 Å². The number of esters is 1. The first kappa shape index (κ1) is 44.9. The molecule has 59 heavy (non-hydrogen) atoms. The summed E-state index contributed by atoms with van der Waals surface area (Å²) in [6, 6.07) is 11.9. The SMILES string of the molecule is C=C[C@H](CN[C@H](C)CCCC(=O)N1CC(C)(C)C2C1CC(Cc1ccc(F)cc1C(=O)OC)CC(=C)C21CCCCCC1)CN1CCC[C@H](COc2cccc(O)c2)C1. The molecule has 2 aliphatic heterocycles. The number of aromatic hydroxyl groups is 1. The van der Waals surface area contributed by atoms with E-state index in [-0.39, 0.29) is 46.1 Å². The second-order valence-corrected chi connectivity index (χ2v) is 19.3. The predicted molar refractivity (Wildman–Crippen MR) is 234 cm³/mol. The van der Waals surface area contributed by atoms with Gasteiger partial charge in [0.05, 0.1) is 19.3 Å². The lowest BCUT2D eigenvalue weighted by molar-refractivity contribution is -0.133. The molecule has 0 radical (unpaired) electrons. The average Bonchev–Trinajstić information content (AvgIpc) is 3.34. The molecule has 2 saturated heterocycles. The van der Waals surface area contributed by atoms with E-state index in [1.807, 2.05) is 12.1 Å². The van der Waals surface area contributed by atoms with Crippen LogP contribution in [0.15, 0.2) is 67.3 Å². The van der Waals surface area contributed by atoms with Crippen molar-refractivity contribution < 1.29 is 28.6 Å². The standard InChI is InChI=1S/C50H72FN3O5/c1-7-37(31-53-24-14-16-38(32-53)33-59-43-18-13-17-42(55)29-43)30-52-36(3)15-12-19-46(56)54-34-49(4,5)47-45(54)27-39(25-35(2)50(47)22-10-8-9-11-23-50)26-40-20-21-41(51)28-44(40)48(57)58-6/h7,13,17-18,20-21,28-29,36-39,45,47,52,55H,1-2,8-12,14-16,19,22-27,30-34H2,3-6H3/t36-,37-,38+,39?,45?,47?/m1/s1. The van der Waals surface area contributed by atoms with Crippen LogP contribution in [-0.4, -0.2) is 85.3 Å². The molecular formula is C50H72FN3O5. The summed E-state index contributed by atoms with van der Waals surface area (Å²) in [4.78, 5) is 32.0. The Morgan fingerprint density at radius 3 is 2.59 bits per heavy atom. The maximum Gasteiger partial charge on any atom is 0.338 e. The van der Waals surface area contributed by atoms with E-state index in [9.17, 15) is 19.1 Å². The number of carbonyl (C=O) groups is 2. The number of benzene rings is 2. The number of ether oxygens (including phenoxy) is 2. The molecule has 6 rings (SSSR count). The van der Waals surface area contributed by atoms with Crippen molar-refractivity contribution in [3.63, 3.8) is 0 Å². The topological polar surface area (TPSA) is 91.3 Å². The average molecular weight is 814 g/mol. The van der Waals surface area contributed by atoms with Crippen LogP contribution in [0.25, 0.3) is 0 Å². The first-order valence-electron chi connectivity index (χ1n) is 22.7. The zero-order valence-corrected chi connectivity index (χ0v) is 36.5. The molecule has 1 amide bonds. The van der Waals surface area contributed by atoms with Gasteiger partial charge in [-0.05, 0) is 124 Å². The zero-order valence-electron chi connectivity index (χ0n) is 36.5. The van der Waals surface area contributed by atoms with Crippen LogP contribution in [0.3, 0.4) is 0 Å². The molecule has 2 N–H and O–H groups in total. The van der Waals surface area contributed by atoms with E-state index in [2.05, 4.69) is 48.5 Å². The molecular weight excluding hydrogens is 742 g/mol. The lowest BCUT2D eigenvalue weighted by atomic mass is 9.57. The van der Waals surface area contributed by atoms with Crippen molar-refractivity contribution in [2.75, 3.05) is 46.4 Å². The number of nitrogens with zero attached hydrogens (tertiary/aromatic N) is 2. The Hall–Kier alpha value is -3.69. The highest BCUT2D eigenvalue weighted by Crippen LogP contribution is 2.62. The second-order valence-electron chi connectivity index (χ2n) is 19.3. The van der Waals surface area contributed by atoms with Gasteiger partial charge in [-0.15, -0.1) is 6.58 Å². The van der Waals surface area contributed by atoms with E-state index in [1.165, 1.54) is 50.5 Å². The summed E-state index contributed by atoms with van der Waals surface area (Å²) in [5.74, 6) is 1.49. The quantitative estimate of drug-likeness (QED) is 0.129. The summed E-state index contributed by atoms with van der Waals surface area (Å²) in [7, 11) is 1.34. The number of phenols is 1. The molecule has 2 saturated carbocycles. The van der Waals surface area contributed by atoms with E-state index in [0.29, 0.717) is 43.0 Å². The molecule has 2 aromatic rings. The van der Waals surface area contributed by atoms with Gasteiger partial charge in [0.1, 0.15) is 17.3 Å². The third-order valence-electron chi connectivity index (χ3n) is 14.4. The molecule has 4 aliphatic rings. The van der Waals surface area contributed by atoms with Crippen LogP contribution in [-0.2, 0) is 16.0 Å². The molecule has 8 nitrogen and oxygen atoms in total. The van der Waals surface area contributed by atoms with Gasteiger partial charge in [0.15, 0.2) is 0 Å². The van der Waals surface area contributed by atoms with E-state index < -0.39 is 11.8 Å². The molecule has 0 aromatic heterocycles. The van der Waals surface area contributed by atoms with E-state index in [4.69, 9.17) is 16.1 Å². The van der Waals surface area contributed by atoms with E-state index in [0.717, 1.165) is 89.7 Å². The van der Waals surface area contributed by atoms with Crippen LogP contribution in [0.1, 0.15) is 120 Å². The minimum Gasteiger partial charge on any atom is -0.508 e. The van der Waals surface area contributed by atoms with Crippen molar-refractivity contribution in [3.05, 3.63) is 84.2 Å². The Balaban J connectivity index is 1.05. The fourth-order valence-corrected chi connectivity index (χ4v) is 11.7. The predicted octanol–water partition coefficient (Wildman–Crippen LogP) is 9.76. The van der Waals surface area contributed by atoms with Crippen LogP contribution in [0.5, 0.6) is 11.5 Å². The summed E-state index contributed by atoms with van der Waals surface area (Å²) in [5.41, 5.74) is 2.34. The molecule has 9 heteroatoms. The van der Waals surface area contributed by atoms with Crippen LogP contribution < -0.4 is 10.1 Å². The summed E-state index contributed by atoms with van der Waals surface area (Å²) >= 11 is 0. The molecule has 6 atom stereocenters. The zero-order chi connectivity index (χ0) is 42.2. The van der Waals surface area contributed by atoms with Gasteiger partial charge in [-0.3, -0.25) is 4.79 Å². The minimum atomic E-state index is -0.517. The van der Waals surface area contributed by atoms with E-state index in [1.54, 1.807) is 18.2 Å². The number of rotatable bonds is 16. The normalized spacial score (nSPS) is 25.4. The summed E-state index contributed by atoms with van der Waals surface area (Å²) in [6.45, 7) is 21.3. The van der Waals surface area contributed by atoms with Gasteiger partial charge in [0.25, 0.3) is 0 Å². The Morgan fingerprint density at radius 2 is 1.86 bits per heavy atom. The number of likely N-dealkylation sites (tertiary alicyclic amines) is 2. The summed E-state index contributed by atoms with van der Waals surface area (Å²) in [5, 5.41) is 13.5. The number of hydrogen-bond donors (Lipinski definition) is 2. The molecule has 2 aromatic carbocycles. The number of fused-ring (bicyclic) bond motifs is 2. The third-order valence-corrected chi connectivity index (χ3v) is 14.4. The molecule has 1 spiro atoms. The van der Waals surface area contributed by atoms with Crippen molar-refractivity contribution >= 4 is 11.9 Å². The number of halogens is 1. The van der Waals surface area contributed by atoms with Crippen LogP contribution in [0, 0.1) is 40.3 Å². The number of piperidine rings is 1. The Kier molecular flexibility index (Phi) is 15.4. The molecule has 324 valence electrons. The van der Waals surface area contributed by atoms with Crippen LogP contribution >= 0.6 is 0 Å². The first-order chi connectivity index (χ1) is 28.3. The Morgan fingerprint density at radius 1 is 1.08 bits per heavy atom. The van der Waals surface area contributed by atoms with Crippen LogP contribution in [0.2, 0.25) is 0 Å². The molecule has 2 aliphatic carbocycles. The van der Waals surface area contributed by atoms with Gasteiger partial charge >= 0.3 is 5.97 Å². The number of hydrogen-bond acceptors (Lipinski definition) is 7. The molecule has 4 fully saturated rings.